The van der Waals surface area contributed by atoms with Crippen LogP contribution in [0, 0.1) is 11.7 Å². The highest BCUT2D eigenvalue weighted by molar-refractivity contribution is 7.08. The highest BCUT2D eigenvalue weighted by Gasteiger charge is 2.32. The molecule has 290 valence electrons. The summed E-state index contributed by atoms with van der Waals surface area (Å²) in [5.74, 6) is -4.22. The number of nitrogens with two attached hydrogens (primary N) is 5. The predicted molar refractivity (Wildman–Crippen MR) is 206 cm³/mol. The Morgan fingerprint density at radius 1 is 0.704 bits per heavy atom. The second-order valence-electron chi connectivity index (χ2n) is 12.9. The predicted octanol–water partition coefficient (Wildman–Crippen LogP) is 0.415. The number of amides is 5. The van der Waals surface area contributed by atoms with Gasteiger partial charge in [-0.2, -0.15) is 11.3 Å². The number of nitrogens with zero attached hydrogens (tertiary/aromatic N) is 2. The minimum Gasteiger partial charge on any atom is -0.370 e. The van der Waals surface area contributed by atoms with Crippen LogP contribution in [0.15, 0.2) is 75.3 Å². The Balaban J connectivity index is 1.91. The average Bonchev–Trinajstić information content (AvgIpc) is 3.65. The molecule has 4 atom stereocenters. The van der Waals surface area contributed by atoms with Crippen LogP contribution in [0.5, 0.6) is 0 Å². The van der Waals surface area contributed by atoms with E-state index < -0.39 is 59.5 Å². The maximum absolute atomic E-state index is 14.1. The number of aliphatic imine (C=N–C) groups is 2. The molecule has 0 aliphatic carbocycles. The van der Waals surface area contributed by atoms with Gasteiger partial charge in [-0.1, -0.05) is 38.1 Å². The number of nitrogens with one attached hydrogen (secondary N) is 4. The SMILES string of the molecule is CC(C)C[C@H](NC(=O)[C@H](Cc1ccc(N=C(N)N)cc1)NC(=O)[C@H](Cc1ccc(F)cc1)NC(=O)c1ccsc1)C(=O)N[C@@H](CCCN=C(N)N)C(N)=O. The Hall–Kier alpha value is -6.04. The Labute approximate surface area is 316 Å². The van der Waals surface area contributed by atoms with Crippen LogP contribution in [0.2, 0.25) is 0 Å². The van der Waals surface area contributed by atoms with E-state index in [1.807, 2.05) is 13.8 Å². The summed E-state index contributed by atoms with van der Waals surface area (Å²) < 4.78 is 13.7. The average molecular weight is 766 g/mol. The third-order valence-electron chi connectivity index (χ3n) is 7.97. The van der Waals surface area contributed by atoms with Crippen molar-refractivity contribution in [2.45, 2.75) is 70.1 Å². The number of primary amides is 1. The molecular formula is C36H48FN11O5S. The minimum atomic E-state index is -1.27. The molecule has 2 aromatic carbocycles. The lowest BCUT2D eigenvalue weighted by Crippen LogP contribution is -2.59. The normalized spacial score (nSPS) is 13.0. The molecule has 54 heavy (non-hydrogen) atoms. The number of halogens is 1. The van der Waals surface area contributed by atoms with Gasteiger partial charge in [0.1, 0.15) is 30.0 Å². The lowest BCUT2D eigenvalue weighted by molar-refractivity contribution is -0.134. The number of benzene rings is 2. The number of hydrogen-bond donors (Lipinski definition) is 9. The van der Waals surface area contributed by atoms with Gasteiger partial charge in [0, 0.05) is 24.8 Å². The fourth-order valence-corrected chi connectivity index (χ4v) is 5.95. The molecule has 0 spiro atoms. The van der Waals surface area contributed by atoms with Gasteiger partial charge in [-0.05, 0) is 72.0 Å². The first kappa shape index (κ1) is 42.4. The van der Waals surface area contributed by atoms with Crippen molar-refractivity contribution in [1.29, 1.82) is 0 Å². The molecule has 0 aliphatic heterocycles. The van der Waals surface area contributed by atoms with Gasteiger partial charge in [-0.3, -0.25) is 29.0 Å². The monoisotopic (exact) mass is 765 g/mol. The van der Waals surface area contributed by atoms with Gasteiger partial charge in [0.05, 0.1) is 11.3 Å². The summed E-state index contributed by atoms with van der Waals surface area (Å²) in [6, 6.07) is 8.97. The molecule has 0 bridgehead atoms. The molecule has 0 fully saturated rings. The fraction of sp³-hybridized carbons (Fsp3) is 0.361. The van der Waals surface area contributed by atoms with Crippen molar-refractivity contribution in [3.05, 3.63) is 87.9 Å². The Bertz CT molecular complexity index is 1780. The standard InChI is InChI=1S/C36H48FN11O5S/c1-20(2)16-27(32(51)45-26(30(38)49)4-3-14-43-35(39)40)47-34(53)29(18-22-7-11-25(12-8-22)44-36(41)42)48-33(52)28(17-21-5-9-24(37)10-6-21)46-31(50)23-13-15-54-19-23/h5-13,15,19-20,26-29H,3-4,14,16-18H2,1-2H3,(H2,38,49)(H,45,51)(H,46,50)(H,47,53)(H,48,52)(H4,39,40,43)(H4,41,42,44)/t26-,27-,28-,29-/m0/s1. The van der Waals surface area contributed by atoms with Crippen LogP contribution in [0.3, 0.4) is 0 Å². The van der Waals surface area contributed by atoms with Crippen LogP contribution in [0.4, 0.5) is 10.1 Å². The third-order valence-corrected chi connectivity index (χ3v) is 8.65. The van der Waals surface area contributed by atoms with Crippen molar-refractivity contribution in [2.75, 3.05) is 6.54 Å². The van der Waals surface area contributed by atoms with Crippen LogP contribution in [-0.2, 0) is 32.0 Å². The summed E-state index contributed by atoms with van der Waals surface area (Å²) in [5.41, 5.74) is 29.2. The van der Waals surface area contributed by atoms with E-state index in [1.54, 1.807) is 41.1 Å². The van der Waals surface area contributed by atoms with E-state index in [-0.39, 0.29) is 50.1 Å². The number of carbonyl (C=O) groups is 5. The summed E-state index contributed by atoms with van der Waals surface area (Å²) in [4.78, 5) is 74.9. The lowest BCUT2D eigenvalue weighted by atomic mass is 9.99. The summed E-state index contributed by atoms with van der Waals surface area (Å²) in [6.45, 7) is 3.90. The molecule has 0 radical (unpaired) electrons. The smallest absolute Gasteiger partial charge is 0.252 e. The molecule has 14 N–H and O–H groups in total. The highest BCUT2D eigenvalue weighted by atomic mass is 32.1. The summed E-state index contributed by atoms with van der Waals surface area (Å²) in [7, 11) is 0. The van der Waals surface area contributed by atoms with Crippen LogP contribution < -0.4 is 49.9 Å². The summed E-state index contributed by atoms with van der Waals surface area (Å²) in [6.07, 6.45) is 0.576. The maximum atomic E-state index is 14.1. The molecule has 16 nitrogen and oxygen atoms in total. The van der Waals surface area contributed by atoms with E-state index in [0.29, 0.717) is 28.8 Å². The number of rotatable bonds is 20. The number of carbonyl (C=O) groups excluding carboxylic acids is 5. The molecule has 0 unspecified atom stereocenters. The lowest BCUT2D eigenvalue weighted by Gasteiger charge is -2.27. The molecule has 0 saturated carbocycles. The minimum absolute atomic E-state index is 0.0282. The van der Waals surface area contributed by atoms with Gasteiger partial charge >= 0.3 is 0 Å². The second-order valence-corrected chi connectivity index (χ2v) is 13.7. The summed E-state index contributed by atoms with van der Waals surface area (Å²) in [5, 5.41) is 14.2. The van der Waals surface area contributed by atoms with Crippen molar-refractivity contribution in [1.82, 2.24) is 21.3 Å². The van der Waals surface area contributed by atoms with Gasteiger partial charge in [0.2, 0.25) is 23.6 Å². The van der Waals surface area contributed by atoms with E-state index in [9.17, 15) is 28.4 Å². The molecule has 18 heteroatoms. The van der Waals surface area contributed by atoms with E-state index in [4.69, 9.17) is 28.7 Å². The molecular weight excluding hydrogens is 718 g/mol. The first-order chi connectivity index (χ1) is 25.6. The largest absolute Gasteiger partial charge is 0.370 e. The summed E-state index contributed by atoms with van der Waals surface area (Å²) >= 11 is 1.30. The Kier molecular flexibility index (Phi) is 16.4. The van der Waals surface area contributed by atoms with Crippen molar-refractivity contribution in [3.63, 3.8) is 0 Å². The van der Waals surface area contributed by atoms with Gasteiger partial charge in [-0.25, -0.2) is 9.38 Å². The highest BCUT2D eigenvalue weighted by Crippen LogP contribution is 2.16. The second kappa shape index (κ2) is 20.9. The number of thiophene rings is 1. The van der Waals surface area contributed by atoms with E-state index in [0.717, 1.165) is 0 Å². The van der Waals surface area contributed by atoms with Gasteiger partial charge in [-0.15, -0.1) is 0 Å². The first-order valence-corrected chi connectivity index (χ1v) is 18.1. The van der Waals surface area contributed by atoms with E-state index in [2.05, 4.69) is 31.3 Å². The quantitative estimate of drug-likeness (QED) is 0.0437. The molecule has 3 rings (SSSR count). The molecule has 1 aromatic heterocycles. The molecule has 5 amide bonds. The number of hydrogen-bond acceptors (Lipinski definition) is 8. The van der Waals surface area contributed by atoms with Crippen molar-refractivity contribution in [2.24, 2.45) is 44.6 Å². The molecule has 0 aliphatic rings. The van der Waals surface area contributed by atoms with Crippen LogP contribution in [-0.4, -0.2) is 72.2 Å². The maximum Gasteiger partial charge on any atom is 0.252 e. The van der Waals surface area contributed by atoms with E-state index >= 15 is 0 Å². The molecule has 1 heterocycles. The zero-order valence-corrected chi connectivity index (χ0v) is 30.9. The zero-order chi connectivity index (χ0) is 39.8. The molecule has 3 aromatic rings. The molecule has 0 saturated heterocycles. The third kappa shape index (κ3) is 14.5. The van der Waals surface area contributed by atoms with Crippen LogP contribution in [0.1, 0.15) is 54.6 Å². The Morgan fingerprint density at radius 3 is 1.76 bits per heavy atom. The van der Waals surface area contributed by atoms with Crippen molar-refractivity contribution in [3.8, 4) is 0 Å². The van der Waals surface area contributed by atoms with Crippen LogP contribution in [0.25, 0.3) is 0 Å². The van der Waals surface area contributed by atoms with Crippen molar-refractivity contribution >= 4 is 58.5 Å². The Morgan fingerprint density at radius 2 is 1.24 bits per heavy atom. The van der Waals surface area contributed by atoms with Gasteiger partial charge < -0.3 is 49.9 Å². The van der Waals surface area contributed by atoms with Gasteiger partial charge in [0.15, 0.2) is 11.9 Å². The first-order valence-electron chi connectivity index (χ1n) is 17.1. The topological polar surface area (TPSA) is 288 Å². The fourth-order valence-electron chi connectivity index (χ4n) is 5.31. The van der Waals surface area contributed by atoms with Crippen molar-refractivity contribution < 1.29 is 28.4 Å². The van der Waals surface area contributed by atoms with Gasteiger partial charge in [0.25, 0.3) is 5.91 Å². The van der Waals surface area contributed by atoms with Crippen LogP contribution >= 0.6 is 11.3 Å². The zero-order valence-electron chi connectivity index (χ0n) is 30.1. The van der Waals surface area contributed by atoms with E-state index in [1.165, 1.54) is 35.6 Å². The number of guanidine groups is 2.